The molecule has 0 aliphatic carbocycles. The highest BCUT2D eigenvalue weighted by Crippen LogP contribution is 2.29. The molecular weight excluding hydrogens is 304 g/mol. The third kappa shape index (κ3) is 2.71. The van der Waals surface area contributed by atoms with Crippen LogP contribution in [0, 0.1) is 6.92 Å². The number of hydrogen-bond acceptors (Lipinski definition) is 4. The second-order valence-electron chi connectivity index (χ2n) is 6.02. The quantitative estimate of drug-likeness (QED) is 0.802. The Bertz CT molecular complexity index is 871. The standard InChI is InChI=1S/C18H18N4O2/c1-12-10-15(21-24-12)18(23)20-14-7-3-2-6-13(14)16-11-22-9-5-4-8-17(22)19-16/h2-3,6-7,10-11H,4-5,8-9H2,1H3,(H,20,23). The molecule has 1 N–H and O–H groups in total. The molecule has 3 heterocycles. The molecule has 2 aromatic heterocycles. The Labute approximate surface area is 139 Å². The summed E-state index contributed by atoms with van der Waals surface area (Å²) in [5.41, 5.74) is 2.79. The van der Waals surface area contributed by atoms with Crippen molar-refractivity contribution in [3.05, 3.63) is 53.8 Å². The van der Waals surface area contributed by atoms with Gasteiger partial charge >= 0.3 is 0 Å². The van der Waals surface area contributed by atoms with E-state index in [2.05, 4.69) is 21.2 Å². The number of fused-ring (bicyclic) bond motifs is 1. The largest absolute Gasteiger partial charge is 0.361 e. The summed E-state index contributed by atoms with van der Waals surface area (Å²) in [4.78, 5) is 17.1. The lowest BCUT2D eigenvalue weighted by molar-refractivity contribution is 0.101. The summed E-state index contributed by atoms with van der Waals surface area (Å²) in [5, 5.41) is 6.67. The van der Waals surface area contributed by atoms with E-state index in [-0.39, 0.29) is 11.6 Å². The van der Waals surface area contributed by atoms with Crippen molar-refractivity contribution in [3.63, 3.8) is 0 Å². The highest BCUT2D eigenvalue weighted by Gasteiger charge is 2.17. The molecule has 122 valence electrons. The van der Waals surface area contributed by atoms with Crippen LogP contribution in [-0.4, -0.2) is 20.6 Å². The zero-order valence-corrected chi connectivity index (χ0v) is 13.5. The minimum atomic E-state index is -0.289. The van der Waals surface area contributed by atoms with Gasteiger partial charge in [0.05, 0.1) is 11.4 Å². The smallest absolute Gasteiger partial charge is 0.277 e. The Hall–Kier alpha value is -2.89. The molecule has 1 amide bonds. The lowest BCUT2D eigenvalue weighted by atomic mass is 10.1. The molecule has 24 heavy (non-hydrogen) atoms. The first-order valence-electron chi connectivity index (χ1n) is 8.11. The van der Waals surface area contributed by atoms with Crippen LogP contribution in [0.3, 0.4) is 0 Å². The summed E-state index contributed by atoms with van der Waals surface area (Å²) in [5.74, 6) is 1.43. The topological polar surface area (TPSA) is 73.0 Å². The number of rotatable bonds is 3. The average molecular weight is 322 g/mol. The molecule has 6 nitrogen and oxygen atoms in total. The van der Waals surface area contributed by atoms with Crippen molar-refractivity contribution in [2.45, 2.75) is 32.7 Å². The maximum Gasteiger partial charge on any atom is 0.277 e. The van der Waals surface area contributed by atoms with Crippen LogP contribution < -0.4 is 5.32 Å². The summed E-state index contributed by atoms with van der Waals surface area (Å²) in [6.07, 6.45) is 5.44. The molecule has 1 aliphatic rings. The van der Waals surface area contributed by atoms with Gasteiger partial charge in [-0.05, 0) is 25.8 Å². The molecule has 6 heteroatoms. The van der Waals surface area contributed by atoms with Crippen LogP contribution in [0.4, 0.5) is 5.69 Å². The van der Waals surface area contributed by atoms with E-state index in [1.165, 1.54) is 12.8 Å². The van der Waals surface area contributed by atoms with Gasteiger partial charge in [-0.15, -0.1) is 0 Å². The number of carbonyl (C=O) groups is 1. The van der Waals surface area contributed by atoms with Crippen LogP contribution in [-0.2, 0) is 13.0 Å². The molecule has 3 aromatic rings. The molecule has 0 bridgehead atoms. The predicted molar refractivity (Wildman–Crippen MR) is 89.8 cm³/mol. The van der Waals surface area contributed by atoms with Crippen LogP contribution >= 0.6 is 0 Å². The van der Waals surface area contributed by atoms with E-state index in [9.17, 15) is 4.79 Å². The molecule has 0 saturated carbocycles. The van der Waals surface area contributed by atoms with Crippen LogP contribution in [0.5, 0.6) is 0 Å². The van der Waals surface area contributed by atoms with E-state index in [0.717, 1.165) is 35.7 Å². The molecule has 0 radical (unpaired) electrons. The highest BCUT2D eigenvalue weighted by molar-refractivity contribution is 6.04. The van der Waals surface area contributed by atoms with Gasteiger partial charge in [0.2, 0.25) is 0 Å². The normalized spacial score (nSPS) is 13.5. The van der Waals surface area contributed by atoms with Gasteiger partial charge < -0.3 is 14.4 Å². The molecule has 1 aromatic carbocycles. The molecule has 0 spiro atoms. The fourth-order valence-electron chi connectivity index (χ4n) is 3.02. The molecule has 0 saturated heterocycles. The summed E-state index contributed by atoms with van der Waals surface area (Å²) < 4.78 is 7.17. The maximum absolute atomic E-state index is 12.3. The molecule has 0 atom stereocenters. The number of para-hydroxylation sites is 1. The van der Waals surface area contributed by atoms with Gasteiger partial charge in [-0.2, -0.15) is 0 Å². The fraction of sp³-hybridized carbons (Fsp3) is 0.278. The Morgan fingerprint density at radius 3 is 2.96 bits per heavy atom. The van der Waals surface area contributed by atoms with Crippen molar-refractivity contribution in [2.24, 2.45) is 0 Å². The van der Waals surface area contributed by atoms with Crippen molar-refractivity contribution in [3.8, 4) is 11.3 Å². The van der Waals surface area contributed by atoms with E-state index >= 15 is 0 Å². The van der Waals surface area contributed by atoms with Crippen LogP contribution in [0.1, 0.15) is 34.9 Å². The second-order valence-corrected chi connectivity index (χ2v) is 6.02. The highest BCUT2D eigenvalue weighted by atomic mass is 16.5. The van der Waals surface area contributed by atoms with Crippen LogP contribution in [0.15, 0.2) is 41.1 Å². The number of benzene rings is 1. The van der Waals surface area contributed by atoms with Gasteiger partial charge in [0.25, 0.3) is 5.91 Å². The van der Waals surface area contributed by atoms with E-state index in [1.54, 1.807) is 13.0 Å². The fourth-order valence-corrected chi connectivity index (χ4v) is 3.02. The number of aromatic nitrogens is 3. The zero-order chi connectivity index (χ0) is 16.5. The van der Waals surface area contributed by atoms with Crippen molar-refractivity contribution in [1.29, 1.82) is 0 Å². The molecular formula is C18H18N4O2. The predicted octanol–water partition coefficient (Wildman–Crippen LogP) is 3.44. The van der Waals surface area contributed by atoms with E-state index in [4.69, 9.17) is 9.51 Å². The average Bonchev–Trinajstić information content (AvgIpc) is 3.21. The number of hydrogen-bond donors (Lipinski definition) is 1. The summed E-state index contributed by atoms with van der Waals surface area (Å²) in [7, 11) is 0. The van der Waals surface area contributed by atoms with Crippen molar-refractivity contribution < 1.29 is 9.32 Å². The number of amides is 1. The van der Waals surface area contributed by atoms with E-state index in [0.29, 0.717) is 5.76 Å². The van der Waals surface area contributed by atoms with Gasteiger partial charge in [-0.1, -0.05) is 23.4 Å². The minimum absolute atomic E-state index is 0.270. The zero-order valence-electron chi connectivity index (χ0n) is 13.5. The Morgan fingerprint density at radius 2 is 2.17 bits per heavy atom. The molecule has 4 rings (SSSR count). The number of nitrogens with one attached hydrogen (secondary N) is 1. The van der Waals surface area contributed by atoms with Gasteiger partial charge in [-0.25, -0.2) is 4.98 Å². The lowest BCUT2D eigenvalue weighted by Gasteiger charge is -2.11. The Balaban J connectivity index is 1.65. The lowest BCUT2D eigenvalue weighted by Crippen LogP contribution is -2.12. The molecule has 0 unspecified atom stereocenters. The summed E-state index contributed by atoms with van der Waals surface area (Å²) in [6.45, 7) is 2.77. The van der Waals surface area contributed by atoms with E-state index in [1.807, 2.05) is 24.3 Å². The van der Waals surface area contributed by atoms with Gasteiger partial charge in [0, 0.05) is 30.8 Å². The SMILES string of the molecule is Cc1cc(C(=O)Nc2ccccc2-c2cn3c(n2)CCCC3)no1. The first kappa shape index (κ1) is 14.7. The van der Waals surface area contributed by atoms with Crippen molar-refractivity contribution in [2.75, 3.05) is 5.32 Å². The van der Waals surface area contributed by atoms with Crippen LogP contribution in [0.2, 0.25) is 0 Å². The molecule has 1 aliphatic heterocycles. The number of nitrogens with zero attached hydrogens (tertiary/aromatic N) is 3. The van der Waals surface area contributed by atoms with Crippen molar-refractivity contribution >= 4 is 11.6 Å². The number of anilines is 1. The van der Waals surface area contributed by atoms with E-state index < -0.39 is 0 Å². The monoisotopic (exact) mass is 322 g/mol. The van der Waals surface area contributed by atoms with Gasteiger partial charge in [0.15, 0.2) is 5.69 Å². The third-order valence-corrected chi connectivity index (χ3v) is 4.22. The minimum Gasteiger partial charge on any atom is -0.361 e. The maximum atomic E-state index is 12.3. The van der Waals surface area contributed by atoms with Crippen molar-refractivity contribution in [1.82, 2.24) is 14.7 Å². The number of carbonyl (C=O) groups excluding carboxylic acids is 1. The third-order valence-electron chi connectivity index (χ3n) is 4.22. The first-order chi connectivity index (χ1) is 11.7. The summed E-state index contributed by atoms with van der Waals surface area (Å²) in [6, 6.07) is 9.30. The first-order valence-corrected chi connectivity index (χ1v) is 8.11. The summed E-state index contributed by atoms with van der Waals surface area (Å²) >= 11 is 0. The van der Waals surface area contributed by atoms with Gasteiger partial charge in [0.1, 0.15) is 11.6 Å². The number of imidazole rings is 1. The second kappa shape index (κ2) is 5.96. The Morgan fingerprint density at radius 1 is 1.29 bits per heavy atom. The van der Waals surface area contributed by atoms with Gasteiger partial charge in [-0.3, -0.25) is 4.79 Å². The number of aryl methyl sites for hydroxylation is 3. The van der Waals surface area contributed by atoms with Crippen LogP contribution in [0.25, 0.3) is 11.3 Å². The Kier molecular flexibility index (Phi) is 3.65. The molecule has 0 fully saturated rings.